The third kappa shape index (κ3) is 2.70. The van der Waals surface area contributed by atoms with Crippen molar-refractivity contribution in [3.8, 4) is 0 Å². The van der Waals surface area contributed by atoms with E-state index in [4.69, 9.17) is 0 Å². The van der Waals surface area contributed by atoms with E-state index in [0.29, 0.717) is 11.1 Å². The highest BCUT2D eigenvalue weighted by Crippen LogP contribution is 2.36. The van der Waals surface area contributed by atoms with Crippen molar-refractivity contribution in [2.45, 2.75) is 77.3 Å². The number of hydrogen-bond donors (Lipinski definition) is 1. The third-order valence-corrected chi connectivity index (χ3v) is 3.29. The van der Waals surface area contributed by atoms with Gasteiger partial charge in [0, 0.05) is 11.1 Å². The molecule has 0 amide bonds. The van der Waals surface area contributed by atoms with Crippen LogP contribution < -0.4 is 5.32 Å². The van der Waals surface area contributed by atoms with Crippen molar-refractivity contribution in [3.63, 3.8) is 0 Å². The monoisotopic (exact) mass is 183 g/mol. The first-order chi connectivity index (χ1) is 6.04. The first-order valence-corrected chi connectivity index (χ1v) is 5.83. The average Bonchev–Trinajstić information content (AvgIpc) is 2.28. The van der Waals surface area contributed by atoms with Crippen molar-refractivity contribution < 1.29 is 0 Å². The van der Waals surface area contributed by atoms with E-state index in [1.165, 1.54) is 38.5 Å². The average molecular weight is 183 g/mol. The Morgan fingerprint density at radius 1 is 1.00 bits per heavy atom. The standard InChI is InChI=1S/C12H25N/c1-5-7-12(8-6-2)10-9-11(3,4)13-12/h13H,5-10H2,1-4H3. The van der Waals surface area contributed by atoms with Crippen LogP contribution in [0.15, 0.2) is 0 Å². The molecule has 0 radical (unpaired) electrons. The molecule has 1 fully saturated rings. The van der Waals surface area contributed by atoms with Gasteiger partial charge in [0.1, 0.15) is 0 Å². The second kappa shape index (κ2) is 4.00. The molecular formula is C12H25N. The summed E-state index contributed by atoms with van der Waals surface area (Å²) < 4.78 is 0. The van der Waals surface area contributed by atoms with Gasteiger partial charge in [-0.2, -0.15) is 0 Å². The van der Waals surface area contributed by atoms with E-state index < -0.39 is 0 Å². The summed E-state index contributed by atoms with van der Waals surface area (Å²) in [5.74, 6) is 0. The molecule has 0 spiro atoms. The predicted molar refractivity (Wildman–Crippen MR) is 59.0 cm³/mol. The van der Waals surface area contributed by atoms with E-state index in [2.05, 4.69) is 33.0 Å². The molecule has 0 atom stereocenters. The van der Waals surface area contributed by atoms with Crippen LogP contribution in [0.3, 0.4) is 0 Å². The Labute approximate surface area is 83.3 Å². The lowest BCUT2D eigenvalue weighted by Gasteiger charge is -2.32. The topological polar surface area (TPSA) is 12.0 Å². The van der Waals surface area contributed by atoms with Crippen LogP contribution in [0.25, 0.3) is 0 Å². The summed E-state index contributed by atoms with van der Waals surface area (Å²) in [7, 11) is 0. The van der Waals surface area contributed by atoms with Crippen LogP contribution in [0.4, 0.5) is 0 Å². The molecule has 0 unspecified atom stereocenters. The van der Waals surface area contributed by atoms with Crippen LogP contribution in [-0.4, -0.2) is 11.1 Å². The van der Waals surface area contributed by atoms with Crippen LogP contribution in [0.1, 0.15) is 66.2 Å². The molecule has 1 heteroatoms. The Balaban J connectivity index is 2.59. The maximum absolute atomic E-state index is 3.85. The molecule has 0 aromatic heterocycles. The smallest absolute Gasteiger partial charge is 0.0187 e. The minimum Gasteiger partial charge on any atom is -0.306 e. The predicted octanol–water partition coefficient (Wildman–Crippen LogP) is 3.49. The largest absolute Gasteiger partial charge is 0.306 e. The molecule has 78 valence electrons. The highest BCUT2D eigenvalue weighted by Gasteiger charge is 2.40. The van der Waals surface area contributed by atoms with Gasteiger partial charge in [0.2, 0.25) is 0 Å². The molecule has 1 rings (SSSR count). The van der Waals surface area contributed by atoms with Gasteiger partial charge in [-0.25, -0.2) is 0 Å². The van der Waals surface area contributed by atoms with E-state index in [0.717, 1.165) is 0 Å². The fourth-order valence-electron chi connectivity index (χ4n) is 2.85. The van der Waals surface area contributed by atoms with Crippen LogP contribution in [0, 0.1) is 0 Å². The van der Waals surface area contributed by atoms with Crippen molar-refractivity contribution in [1.29, 1.82) is 0 Å². The van der Waals surface area contributed by atoms with Crippen LogP contribution in [-0.2, 0) is 0 Å². The van der Waals surface area contributed by atoms with Gasteiger partial charge in [0.05, 0.1) is 0 Å². The van der Waals surface area contributed by atoms with Gasteiger partial charge < -0.3 is 5.32 Å². The lowest BCUT2D eigenvalue weighted by molar-refractivity contribution is 0.278. The van der Waals surface area contributed by atoms with E-state index in [1.54, 1.807) is 0 Å². The summed E-state index contributed by atoms with van der Waals surface area (Å²) in [6, 6.07) is 0. The van der Waals surface area contributed by atoms with Gasteiger partial charge in [0.25, 0.3) is 0 Å². The molecule has 1 aliphatic rings. The first kappa shape index (κ1) is 11.0. The molecule has 0 aromatic rings. The first-order valence-electron chi connectivity index (χ1n) is 5.83. The lowest BCUT2D eigenvalue weighted by Crippen LogP contribution is -2.47. The zero-order valence-electron chi connectivity index (χ0n) is 9.74. The molecule has 1 aliphatic heterocycles. The lowest BCUT2D eigenvalue weighted by atomic mass is 9.87. The number of rotatable bonds is 4. The van der Waals surface area contributed by atoms with Crippen molar-refractivity contribution in [2.24, 2.45) is 0 Å². The maximum atomic E-state index is 3.85. The quantitative estimate of drug-likeness (QED) is 0.703. The maximum Gasteiger partial charge on any atom is 0.0187 e. The molecule has 0 saturated carbocycles. The number of nitrogens with one attached hydrogen (secondary N) is 1. The van der Waals surface area contributed by atoms with Crippen molar-refractivity contribution >= 4 is 0 Å². The zero-order chi connectivity index (χ0) is 9.95. The van der Waals surface area contributed by atoms with Gasteiger partial charge in [0.15, 0.2) is 0 Å². The number of hydrogen-bond acceptors (Lipinski definition) is 1. The summed E-state index contributed by atoms with van der Waals surface area (Å²) in [5.41, 5.74) is 0.858. The Bertz CT molecular complexity index is 155. The summed E-state index contributed by atoms with van der Waals surface area (Å²) in [5, 5.41) is 3.85. The highest BCUT2D eigenvalue weighted by molar-refractivity contribution is 5.01. The minimum absolute atomic E-state index is 0.379. The van der Waals surface area contributed by atoms with Crippen LogP contribution >= 0.6 is 0 Å². The van der Waals surface area contributed by atoms with E-state index in [9.17, 15) is 0 Å². The van der Waals surface area contributed by atoms with Crippen molar-refractivity contribution in [3.05, 3.63) is 0 Å². The molecule has 1 heterocycles. The van der Waals surface area contributed by atoms with Crippen molar-refractivity contribution in [2.75, 3.05) is 0 Å². The third-order valence-electron chi connectivity index (χ3n) is 3.29. The minimum atomic E-state index is 0.379. The van der Waals surface area contributed by atoms with Gasteiger partial charge in [-0.15, -0.1) is 0 Å². The van der Waals surface area contributed by atoms with Crippen LogP contribution in [0.5, 0.6) is 0 Å². The summed E-state index contributed by atoms with van der Waals surface area (Å²) in [4.78, 5) is 0. The normalized spacial score (nSPS) is 24.9. The summed E-state index contributed by atoms with van der Waals surface area (Å²) in [6.07, 6.45) is 8.04. The van der Waals surface area contributed by atoms with Gasteiger partial charge >= 0.3 is 0 Å². The fourth-order valence-corrected chi connectivity index (χ4v) is 2.85. The Morgan fingerprint density at radius 3 is 1.85 bits per heavy atom. The molecule has 1 nitrogen and oxygen atoms in total. The molecule has 13 heavy (non-hydrogen) atoms. The van der Waals surface area contributed by atoms with E-state index >= 15 is 0 Å². The zero-order valence-corrected chi connectivity index (χ0v) is 9.74. The molecular weight excluding hydrogens is 158 g/mol. The molecule has 1 saturated heterocycles. The van der Waals surface area contributed by atoms with Gasteiger partial charge in [-0.1, -0.05) is 26.7 Å². The summed E-state index contributed by atoms with van der Waals surface area (Å²) in [6.45, 7) is 9.26. The Morgan fingerprint density at radius 2 is 1.54 bits per heavy atom. The summed E-state index contributed by atoms with van der Waals surface area (Å²) >= 11 is 0. The molecule has 0 aromatic carbocycles. The van der Waals surface area contributed by atoms with Crippen LogP contribution in [0.2, 0.25) is 0 Å². The second-order valence-electron chi connectivity index (χ2n) is 5.29. The van der Waals surface area contributed by atoms with Crippen molar-refractivity contribution in [1.82, 2.24) is 5.32 Å². The molecule has 0 aliphatic carbocycles. The van der Waals surface area contributed by atoms with E-state index in [-0.39, 0.29) is 0 Å². The Kier molecular flexibility index (Phi) is 3.39. The van der Waals surface area contributed by atoms with Gasteiger partial charge in [-0.3, -0.25) is 0 Å². The highest BCUT2D eigenvalue weighted by atomic mass is 15.1. The SMILES string of the molecule is CCCC1(CCC)CCC(C)(C)N1. The van der Waals surface area contributed by atoms with Gasteiger partial charge in [-0.05, 0) is 39.5 Å². The second-order valence-corrected chi connectivity index (χ2v) is 5.29. The molecule has 1 N–H and O–H groups in total. The molecule has 0 bridgehead atoms. The Hall–Kier alpha value is -0.0400. The fraction of sp³-hybridized carbons (Fsp3) is 1.00. The van der Waals surface area contributed by atoms with E-state index in [1.807, 2.05) is 0 Å².